The van der Waals surface area contributed by atoms with Crippen LogP contribution < -0.4 is 11.5 Å². The van der Waals surface area contributed by atoms with E-state index in [9.17, 15) is 4.79 Å². The average molecular weight is 369 g/mol. The van der Waals surface area contributed by atoms with Crippen LogP contribution in [0.25, 0.3) is 0 Å². The van der Waals surface area contributed by atoms with Crippen LogP contribution in [-0.2, 0) is 0 Å². The lowest BCUT2D eigenvalue weighted by Crippen LogP contribution is -2.23. The van der Waals surface area contributed by atoms with Crippen LogP contribution in [-0.4, -0.2) is 23.4 Å². The minimum absolute atomic E-state index is 0.0491. The van der Waals surface area contributed by atoms with Gasteiger partial charge < -0.3 is 11.5 Å². The van der Waals surface area contributed by atoms with Crippen molar-refractivity contribution in [3.05, 3.63) is 102 Å². The molecule has 138 valence electrons. The SMILES string of the molecule is NC(=Nc1ccccc1)/N=C(N)/N=C(/C(=O)c1ccccc1)c1ccccc1. The molecule has 0 saturated heterocycles. The third kappa shape index (κ3) is 4.98. The van der Waals surface area contributed by atoms with E-state index in [1.54, 1.807) is 48.5 Å². The van der Waals surface area contributed by atoms with Gasteiger partial charge in [-0.3, -0.25) is 4.79 Å². The predicted molar refractivity (Wildman–Crippen MR) is 113 cm³/mol. The van der Waals surface area contributed by atoms with Gasteiger partial charge in [-0.2, -0.15) is 4.99 Å². The molecule has 0 bridgehead atoms. The summed E-state index contributed by atoms with van der Waals surface area (Å²) >= 11 is 0. The van der Waals surface area contributed by atoms with Crippen LogP contribution in [0, 0.1) is 0 Å². The van der Waals surface area contributed by atoms with E-state index in [1.165, 1.54) is 0 Å². The number of hydrogen-bond acceptors (Lipinski definition) is 2. The number of carbonyl (C=O) groups is 1. The Morgan fingerprint density at radius 3 is 1.68 bits per heavy atom. The molecule has 0 radical (unpaired) electrons. The van der Waals surface area contributed by atoms with Gasteiger partial charge in [0.05, 0.1) is 5.69 Å². The number of nitrogens with zero attached hydrogens (tertiary/aromatic N) is 3. The lowest BCUT2D eigenvalue weighted by molar-refractivity contribution is 0.106. The Balaban J connectivity index is 1.96. The molecular weight excluding hydrogens is 350 g/mol. The van der Waals surface area contributed by atoms with Crippen molar-refractivity contribution in [1.29, 1.82) is 0 Å². The van der Waals surface area contributed by atoms with E-state index in [4.69, 9.17) is 11.5 Å². The summed E-state index contributed by atoms with van der Waals surface area (Å²) in [6.07, 6.45) is 0. The number of benzene rings is 3. The first kappa shape index (κ1) is 18.7. The van der Waals surface area contributed by atoms with Gasteiger partial charge in [-0.15, -0.1) is 0 Å². The number of Topliss-reactive ketones (excluding diaryl/α,β-unsaturated/α-hetero) is 1. The van der Waals surface area contributed by atoms with Crippen molar-refractivity contribution in [2.45, 2.75) is 0 Å². The third-order valence-electron chi connectivity index (χ3n) is 3.75. The molecule has 4 N–H and O–H groups in total. The molecular formula is C22H19N5O. The minimum atomic E-state index is -0.261. The molecule has 0 fully saturated rings. The van der Waals surface area contributed by atoms with Crippen LogP contribution in [0.15, 0.2) is 106 Å². The monoisotopic (exact) mass is 369 g/mol. The predicted octanol–water partition coefficient (Wildman–Crippen LogP) is 3.32. The van der Waals surface area contributed by atoms with E-state index in [2.05, 4.69) is 15.0 Å². The summed E-state index contributed by atoms with van der Waals surface area (Å²) in [7, 11) is 0. The molecule has 3 aromatic rings. The van der Waals surface area contributed by atoms with E-state index in [0.717, 1.165) is 0 Å². The zero-order chi connectivity index (χ0) is 19.8. The normalized spacial score (nSPS) is 12.6. The summed E-state index contributed by atoms with van der Waals surface area (Å²) in [6, 6.07) is 27.1. The van der Waals surface area contributed by atoms with Crippen molar-refractivity contribution in [1.82, 2.24) is 0 Å². The molecule has 0 amide bonds. The van der Waals surface area contributed by atoms with Crippen LogP contribution in [0.4, 0.5) is 5.69 Å². The highest BCUT2D eigenvalue weighted by molar-refractivity contribution is 6.52. The first-order valence-corrected chi connectivity index (χ1v) is 8.61. The number of hydrogen-bond donors (Lipinski definition) is 2. The molecule has 0 unspecified atom stereocenters. The molecule has 6 nitrogen and oxygen atoms in total. The van der Waals surface area contributed by atoms with E-state index >= 15 is 0 Å². The molecule has 0 aliphatic rings. The molecule has 0 heterocycles. The molecule has 3 rings (SSSR count). The van der Waals surface area contributed by atoms with Gasteiger partial charge in [-0.1, -0.05) is 78.9 Å². The van der Waals surface area contributed by atoms with Crippen molar-refractivity contribution >= 4 is 29.1 Å². The zero-order valence-electron chi connectivity index (χ0n) is 15.1. The Labute approximate surface area is 163 Å². The average Bonchev–Trinajstić information content (AvgIpc) is 2.73. The number of para-hydroxylation sites is 1. The Morgan fingerprint density at radius 1 is 0.607 bits per heavy atom. The second-order valence-corrected chi connectivity index (χ2v) is 5.80. The molecule has 6 heteroatoms. The fourth-order valence-corrected chi connectivity index (χ4v) is 2.49. The van der Waals surface area contributed by atoms with E-state index in [-0.39, 0.29) is 23.4 Å². The molecule has 0 aliphatic carbocycles. The summed E-state index contributed by atoms with van der Waals surface area (Å²) < 4.78 is 0. The Kier molecular flexibility index (Phi) is 6.05. The standard InChI is InChI=1S/C22H19N5O/c23-21(25-18-14-8-3-9-15-18)27-22(24)26-19(16-10-4-1-5-11-16)20(28)17-12-6-2-7-13-17/h1-15H,(H4,23,24,25,27)/b26-19+. The maximum atomic E-state index is 13.0. The van der Waals surface area contributed by atoms with Gasteiger partial charge in [-0.25, -0.2) is 9.98 Å². The van der Waals surface area contributed by atoms with Crippen LogP contribution in [0.1, 0.15) is 15.9 Å². The van der Waals surface area contributed by atoms with Gasteiger partial charge in [0, 0.05) is 11.1 Å². The molecule has 0 saturated carbocycles. The molecule has 3 aromatic carbocycles. The lowest BCUT2D eigenvalue weighted by Gasteiger charge is -2.06. The van der Waals surface area contributed by atoms with Gasteiger partial charge >= 0.3 is 0 Å². The second kappa shape index (κ2) is 9.05. The smallest absolute Gasteiger partial charge is 0.224 e. The number of aliphatic imine (C=N–C) groups is 3. The highest BCUT2D eigenvalue weighted by atomic mass is 16.1. The van der Waals surface area contributed by atoms with E-state index < -0.39 is 0 Å². The molecule has 28 heavy (non-hydrogen) atoms. The van der Waals surface area contributed by atoms with Crippen LogP contribution in [0.3, 0.4) is 0 Å². The van der Waals surface area contributed by atoms with Crippen molar-refractivity contribution in [2.75, 3.05) is 0 Å². The topological polar surface area (TPSA) is 106 Å². The van der Waals surface area contributed by atoms with Gasteiger partial charge in [0.2, 0.25) is 17.7 Å². The molecule has 0 atom stereocenters. The number of carbonyl (C=O) groups excluding carboxylic acids is 1. The van der Waals surface area contributed by atoms with E-state index in [1.807, 2.05) is 42.5 Å². The number of rotatable bonds is 4. The number of nitrogens with two attached hydrogens (primary N) is 2. The summed E-state index contributed by atoms with van der Waals surface area (Å²) in [4.78, 5) is 25.3. The maximum Gasteiger partial charge on any atom is 0.224 e. The highest BCUT2D eigenvalue weighted by Crippen LogP contribution is 2.11. The number of ketones is 1. The Bertz CT molecular complexity index is 1030. The third-order valence-corrected chi connectivity index (χ3v) is 3.75. The quantitative estimate of drug-likeness (QED) is 0.418. The first-order valence-electron chi connectivity index (χ1n) is 8.61. The van der Waals surface area contributed by atoms with Crippen LogP contribution in [0.2, 0.25) is 0 Å². The maximum absolute atomic E-state index is 13.0. The summed E-state index contributed by atoms with van der Waals surface area (Å²) in [6.45, 7) is 0. The Hall–Kier alpha value is -4.06. The summed E-state index contributed by atoms with van der Waals surface area (Å²) in [5, 5.41) is 0. The molecule has 0 spiro atoms. The molecule has 0 aliphatic heterocycles. The summed E-state index contributed by atoms with van der Waals surface area (Å²) in [5.41, 5.74) is 13.7. The van der Waals surface area contributed by atoms with Gasteiger partial charge in [-0.05, 0) is 12.1 Å². The largest absolute Gasteiger partial charge is 0.368 e. The second-order valence-electron chi connectivity index (χ2n) is 5.80. The lowest BCUT2D eigenvalue weighted by atomic mass is 10.0. The van der Waals surface area contributed by atoms with Crippen LogP contribution >= 0.6 is 0 Å². The fourth-order valence-electron chi connectivity index (χ4n) is 2.49. The van der Waals surface area contributed by atoms with Gasteiger partial charge in [0.25, 0.3) is 0 Å². The number of guanidine groups is 2. The van der Waals surface area contributed by atoms with Gasteiger partial charge in [0.15, 0.2) is 0 Å². The Morgan fingerprint density at radius 2 is 1.11 bits per heavy atom. The van der Waals surface area contributed by atoms with Gasteiger partial charge in [0.1, 0.15) is 5.71 Å². The first-order chi connectivity index (χ1) is 13.6. The van der Waals surface area contributed by atoms with Crippen molar-refractivity contribution in [3.63, 3.8) is 0 Å². The zero-order valence-corrected chi connectivity index (χ0v) is 15.1. The van der Waals surface area contributed by atoms with Crippen molar-refractivity contribution < 1.29 is 4.79 Å². The molecule has 0 aromatic heterocycles. The van der Waals surface area contributed by atoms with Crippen LogP contribution in [0.5, 0.6) is 0 Å². The minimum Gasteiger partial charge on any atom is -0.368 e. The van der Waals surface area contributed by atoms with E-state index in [0.29, 0.717) is 16.8 Å². The summed E-state index contributed by atoms with van der Waals surface area (Å²) in [5.74, 6) is -0.462. The highest BCUT2D eigenvalue weighted by Gasteiger charge is 2.16. The fraction of sp³-hybridized carbons (Fsp3) is 0. The van der Waals surface area contributed by atoms with Crippen molar-refractivity contribution in [2.24, 2.45) is 26.4 Å². The van der Waals surface area contributed by atoms with Crippen molar-refractivity contribution in [3.8, 4) is 0 Å².